The van der Waals surface area contributed by atoms with Gasteiger partial charge < -0.3 is 24.4 Å². The lowest BCUT2D eigenvalue weighted by Gasteiger charge is -2.15. The molecule has 1 atom stereocenters. The van der Waals surface area contributed by atoms with Gasteiger partial charge in [-0.05, 0) is 25.3 Å². The van der Waals surface area contributed by atoms with Gasteiger partial charge in [0.2, 0.25) is 0 Å². The molecule has 0 aromatic heterocycles. The van der Waals surface area contributed by atoms with Crippen LogP contribution in [-0.2, 0) is 9.53 Å². The Labute approximate surface area is 139 Å². The Morgan fingerprint density at radius 3 is 2.75 bits per heavy atom. The molecule has 1 aliphatic rings. The van der Waals surface area contributed by atoms with Gasteiger partial charge in [-0.2, -0.15) is 0 Å². The third-order valence-corrected chi connectivity index (χ3v) is 3.50. The summed E-state index contributed by atoms with van der Waals surface area (Å²) in [6.45, 7) is 0.185. The molecule has 0 saturated heterocycles. The third-order valence-electron chi connectivity index (χ3n) is 3.50. The molecule has 1 aromatic rings. The molecule has 0 saturated carbocycles. The number of benzene rings is 1. The summed E-state index contributed by atoms with van der Waals surface area (Å²) >= 11 is 0. The third kappa shape index (κ3) is 4.48. The molecule has 7 heteroatoms. The second-order valence-corrected chi connectivity index (χ2v) is 5.26. The van der Waals surface area contributed by atoms with Gasteiger partial charge in [0.15, 0.2) is 5.78 Å². The lowest BCUT2D eigenvalue weighted by molar-refractivity contribution is -0.122. The highest BCUT2D eigenvalue weighted by molar-refractivity contribution is 5.96. The normalized spacial score (nSPS) is 21.0. The highest BCUT2D eigenvalue weighted by atomic mass is 16.5. The largest absolute Gasteiger partial charge is 0.507 e. The van der Waals surface area contributed by atoms with Crippen molar-refractivity contribution in [3.63, 3.8) is 0 Å². The predicted molar refractivity (Wildman–Crippen MR) is 84.4 cm³/mol. The van der Waals surface area contributed by atoms with E-state index in [0.717, 1.165) is 0 Å². The van der Waals surface area contributed by atoms with Gasteiger partial charge in [0.25, 0.3) is 0 Å². The highest BCUT2D eigenvalue weighted by Gasteiger charge is 2.21. The number of ketones is 1. The van der Waals surface area contributed by atoms with Gasteiger partial charge in [0, 0.05) is 12.1 Å². The van der Waals surface area contributed by atoms with E-state index in [2.05, 4.69) is 0 Å². The first kappa shape index (κ1) is 17.8. The van der Waals surface area contributed by atoms with E-state index < -0.39 is 17.9 Å². The summed E-state index contributed by atoms with van der Waals surface area (Å²) in [5.41, 5.74) is -0.0755. The molecule has 24 heavy (non-hydrogen) atoms. The van der Waals surface area contributed by atoms with Crippen molar-refractivity contribution >= 4 is 11.8 Å². The Balaban J connectivity index is 2.26. The highest BCUT2D eigenvalue weighted by Crippen LogP contribution is 2.34. The molecular formula is C17H20O7. The zero-order valence-corrected chi connectivity index (χ0v) is 13.4. The van der Waals surface area contributed by atoms with Crippen molar-refractivity contribution < 1.29 is 34.0 Å². The number of carbonyl (C=O) groups excluding carboxylic acids is 2. The van der Waals surface area contributed by atoms with E-state index in [0.29, 0.717) is 18.6 Å². The first-order valence-corrected chi connectivity index (χ1v) is 7.62. The maximum atomic E-state index is 12.2. The monoisotopic (exact) mass is 336 g/mol. The summed E-state index contributed by atoms with van der Waals surface area (Å²) in [7, 11) is 1.43. The molecular weight excluding hydrogens is 316 g/mol. The van der Waals surface area contributed by atoms with Crippen molar-refractivity contribution in [1.29, 1.82) is 0 Å². The molecule has 0 amide bonds. The van der Waals surface area contributed by atoms with Gasteiger partial charge in [-0.1, -0.05) is 6.08 Å². The van der Waals surface area contributed by atoms with Crippen LogP contribution < -0.4 is 9.47 Å². The smallest absolute Gasteiger partial charge is 0.345 e. The van der Waals surface area contributed by atoms with Crippen molar-refractivity contribution in [1.82, 2.24) is 0 Å². The fourth-order valence-electron chi connectivity index (χ4n) is 2.22. The molecule has 0 spiro atoms. The van der Waals surface area contributed by atoms with Gasteiger partial charge in [0.1, 0.15) is 28.9 Å². The standard InChI is InChI=1S/C17H20O7/c1-22-11-9-14(20)16-15(10-11)23-8-4-6-13(19)12(18)5-2-3-7-24-17(16)21/h2,5,9-10,13,19-20H,3-4,6-8H2,1H3/b5-2-/t13-/m0/s1. The predicted octanol–water partition coefficient (Wildman–Crippen LogP) is 1.61. The van der Waals surface area contributed by atoms with Crippen LogP contribution >= 0.6 is 0 Å². The minimum atomic E-state index is -1.09. The average molecular weight is 336 g/mol. The quantitative estimate of drug-likeness (QED) is 0.751. The first-order chi connectivity index (χ1) is 11.5. The van der Waals surface area contributed by atoms with Gasteiger partial charge >= 0.3 is 5.97 Å². The maximum absolute atomic E-state index is 12.2. The minimum Gasteiger partial charge on any atom is -0.507 e. The molecule has 0 radical (unpaired) electrons. The van der Waals surface area contributed by atoms with Crippen LogP contribution in [0.1, 0.15) is 29.6 Å². The fourth-order valence-corrected chi connectivity index (χ4v) is 2.22. The maximum Gasteiger partial charge on any atom is 0.345 e. The number of ether oxygens (including phenoxy) is 3. The zero-order valence-electron chi connectivity index (χ0n) is 13.4. The number of cyclic esters (lactones) is 1. The molecule has 7 nitrogen and oxygen atoms in total. The molecule has 0 unspecified atom stereocenters. The molecule has 1 aromatic carbocycles. The van der Waals surface area contributed by atoms with E-state index in [-0.39, 0.29) is 36.7 Å². The van der Waals surface area contributed by atoms with Crippen LogP contribution in [0.4, 0.5) is 0 Å². The minimum absolute atomic E-state index is 0.0314. The van der Waals surface area contributed by atoms with Crippen molar-refractivity contribution in [2.45, 2.75) is 25.4 Å². The first-order valence-electron chi connectivity index (χ1n) is 7.62. The number of phenolic OH excluding ortho intramolecular Hbond substituents is 1. The van der Waals surface area contributed by atoms with Crippen LogP contribution in [0.5, 0.6) is 17.2 Å². The summed E-state index contributed by atoms with van der Waals surface area (Å²) in [6, 6.07) is 2.78. The number of hydrogen-bond acceptors (Lipinski definition) is 7. The number of methoxy groups -OCH3 is 1. The van der Waals surface area contributed by atoms with Crippen LogP contribution in [0.3, 0.4) is 0 Å². The molecule has 1 aliphatic heterocycles. The van der Waals surface area contributed by atoms with E-state index in [1.54, 1.807) is 0 Å². The Bertz CT molecular complexity index is 636. The molecule has 1 heterocycles. The Morgan fingerprint density at radius 2 is 2.00 bits per heavy atom. The van der Waals surface area contributed by atoms with Crippen LogP contribution in [0, 0.1) is 0 Å². The number of hydrogen-bond donors (Lipinski definition) is 2. The molecule has 0 aliphatic carbocycles. The molecule has 0 bridgehead atoms. The number of rotatable bonds is 1. The topological polar surface area (TPSA) is 102 Å². The molecule has 2 rings (SSSR count). The SMILES string of the molecule is COc1cc(O)c2c(c1)OCCC[C@H](O)C(=O)/C=C\CCOC2=O. The molecule has 0 fully saturated rings. The lowest BCUT2D eigenvalue weighted by atomic mass is 10.1. The summed E-state index contributed by atoms with van der Waals surface area (Å²) in [4.78, 5) is 23.8. The van der Waals surface area contributed by atoms with E-state index in [1.165, 1.54) is 31.4 Å². The van der Waals surface area contributed by atoms with Crippen LogP contribution in [0.15, 0.2) is 24.3 Å². The summed E-state index contributed by atoms with van der Waals surface area (Å²) in [5.74, 6) is -0.948. The number of aromatic hydroxyl groups is 1. The second-order valence-electron chi connectivity index (χ2n) is 5.26. The molecule has 2 N–H and O–H groups in total. The zero-order chi connectivity index (χ0) is 17.5. The van der Waals surface area contributed by atoms with Gasteiger partial charge in [-0.15, -0.1) is 0 Å². The van der Waals surface area contributed by atoms with E-state index >= 15 is 0 Å². The number of esters is 1. The summed E-state index contributed by atoms with van der Waals surface area (Å²) in [6.07, 6.45) is 2.68. The Kier molecular flexibility index (Phi) is 6.20. The number of aliphatic hydroxyl groups excluding tert-OH is 1. The fraction of sp³-hybridized carbons (Fsp3) is 0.412. The van der Waals surface area contributed by atoms with Crippen molar-refractivity contribution in [2.24, 2.45) is 0 Å². The lowest BCUT2D eigenvalue weighted by Crippen LogP contribution is -2.19. The van der Waals surface area contributed by atoms with E-state index in [1.807, 2.05) is 0 Å². The van der Waals surface area contributed by atoms with Gasteiger partial charge in [-0.25, -0.2) is 4.79 Å². The number of phenols is 1. The number of fused-ring (bicyclic) bond motifs is 1. The average Bonchev–Trinajstić information content (AvgIpc) is 2.56. The van der Waals surface area contributed by atoms with Crippen LogP contribution in [0.25, 0.3) is 0 Å². The number of carbonyl (C=O) groups is 2. The van der Waals surface area contributed by atoms with E-state index in [9.17, 15) is 19.8 Å². The Morgan fingerprint density at radius 1 is 1.21 bits per heavy atom. The Hall–Kier alpha value is -2.54. The summed E-state index contributed by atoms with van der Waals surface area (Å²) < 4.78 is 15.7. The van der Waals surface area contributed by atoms with E-state index in [4.69, 9.17) is 14.2 Å². The van der Waals surface area contributed by atoms with Crippen LogP contribution in [-0.4, -0.2) is 48.4 Å². The van der Waals surface area contributed by atoms with Gasteiger partial charge in [-0.3, -0.25) is 4.79 Å². The van der Waals surface area contributed by atoms with Gasteiger partial charge in [0.05, 0.1) is 20.3 Å². The van der Waals surface area contributed by atoms with Crippen LogP contribution in [0.2, 0.25) is 0 Å². The second kappa shape index (κ2) is 8.35. The number of aliphatic hydroxyl groups is 1. The van der Waals surface area contributed by atoms with Crippen molar-refractivity contribution in [2.75, 3.05) is 20.3 Å². The van der Waals surface area contributed by atoms with Crippen molar-refractivity contribution in [3.8, 4) is 17.2 Å². The summed E-state index contributed by atoms with van der Waals surface area (Å²) in [5, 5.41) is 19.8. The molecule has 130 valence electrons. The van der Waals surface area contributed by atoms with Crippen molar-refractivity contribution in [3.05, 3.63) is 29.8 Å².